The highest BCUT2D eigenvalue weighted by molar-refractivity contribution is 6.08. The van der Waals surface area contributed by atoms with Crippen molar-refractivity contribution in [3.8, 4) is 0 Å². The average molecular weight is 216 g/mol. The Morgan fingerprint density at radius 2 is 1.88 bits per heavy atom. The Kier molecular flexibility index (Phi) is 4.65. The van der Waals surface area contributed by atoms with Crippen LogP contribution in [0, 0.1) is 5.92 Å². The molecule has 1 atom stereocenters. The van der Waals surface area contributed by atoms with Crippen LogP contribution in [0.3, 0.4) is 0 Å². The molecule has 1 rings (SSSR count). The van der Waals surface area contributed by atoms with Gasteiger partial charge in [-0.2, -0.15) is 0 Å². The molecule has 1 aromatic carbocycles. The molecule has 2 nitrogen and oxygen atoms in total. The Hall–Kier alpha value is -1.70. The number of Topliss-reactive ketones (excluding diaryl/α,β-unsaturated/α-hetero) is 1. The van der Waals surface area contributed by atoms with Crippen molar-refractivity contribution < 1.29 is 9.59 Å². The fraction of sp³-hybridized carbons (Fsp3) is 0.286. The zero-order chi connectivity index (χ0) is 12.0. The molecule has 0 amide bonds. The maximum absolute atomic E-state index is 11.6. The predicted octanol–water partition coefficient (Wildman–Crippen LogP) is 2.88. The third-order valence-corrected chi connectivity index (χ3v) is 2.50. The second kappa shape index (κ2) is 6.01. The van der Waals surface area contributed by atoms with E-state index in [1.54, 1.807) is 19.9 Å². The highest BCUT2D eigenvalue weighted by Crippen LogP contribution is 2.06. The summed E-state index contributed by atoms with van der Waals surface area (Å²) >= 11 is 0. The van der Waals surface area contributed by atoms with Crippen LogP contribution >= 0.6 is 0 Å². The third kappa shape index (κ3) is 3.46. The van der Waals surface area contributed by atoms with Crippen LogP contribution in [0.25, 0.3) is 6.08 Å². The molecule has 0 aliphatic rings. The smallest absolute Gasteiger partial charge is 0.165 e. The number of benzene rings is 1. The van der Waals surface area contributed by atoms with Crippen LogP contribution in [0.2, 0.25) is 0 Å². The molecule has 0 spiro atoms. The van der Waals surface area contributed by atoms with Gasteiger partial charge < -0.3 is 0 Å². The van der Waals surface area contributed by atoms with Gasteiger partial charge in [0.1, 0.15) is 5.78 Å². The van der Waals surface area contributed by atoms with Gasteiger partial charge in [-0.1, -0.05) is 43.3 Å². The summed E-state index contributed by atoms with van der Waals surface area (Å²) in [6.07, 6.45) is 3.63. The number of hydrogen-bond donors (Lipinski definition) is 0. The first kappa shape index (κ1) is 12.4. The van der Waals surface area contributed by atoms with Crippen molar-refractivity contribution in [3.63, 3.8) is 0 Å². The Bertz CT molecular complexity index is 390. The highest BCUT2D eigenvalue weighted by atomic mass is 16.1. The molecular weight excluding hydrogens is 200 g/mol. The Balaban J connectivity index is 2.65. The minimum absolute atomic E-state index is 0.0114. The van der Waals surface area contributed by atoms with Crippen LogP contribution in [0.5, 0.6) is 0 Å². The molecule has 0 bridgehead atoms. The van der Waals surface area contributed by atoms with Gasteiger partial charge in [-0.25, -0.2) is 0 Å². The van der Waals surface area contributed by atoms with E-state index in [2.05, 4.69) is 0 Å². The molecule has 0 fully saturated rings. The SMILES string of the molecule is CCC(=O)C(C)C(=O)/C=C/c1ccccc1. The zero-order valence-corrected chi connectivity index (χ0v) is 9.64. The van der Waals surface area contributed by atoms with E-state index >= 15 is 0 Å². The van der Waals surface area contributed by atoms with E-state index in [0.29, 0.717) is 6.42 Å². The fourth-order valence-electron chi connectivity index (χ4n) is 1.35. The van der Waals surface area contributed by atoms with E-state index in [0.717, 1.165) is 5.56 Å². The molecule has 1 unspecified atom stereocenters. The first-order valence-electron chi connectivity index (χ1n) is 5.44. The topological polar surface area (TPSA) is 34.1 Å². The third-order valence-electron chi connectivity index (χ3n) is 2.50. The maximum Gasteiger partial charge on any atom is 0.165 e. The van der Waals surface area contributed by atoms with Gasteiger partial charge in [0.25, 0.3) is 0 Å². The summed E-state index contributed by atoms with van der Waals surface area (Å²) in [7, 11) is 0. The maximum atomic E-state index is 11.6. The quantitative estimate of drug-likeness (QED) is 0.560. The molecule has 0 radical (unpaired) electrons. The standard InChI is InChI=1S/C14H16O2/c1-3-13(15)11(2)14(16)10-9-12-7-5-4-6-8-12/h4-11H,3H2,1-2H3/b10-9+. The summed E-state index contributed by atoms with van der Waals surface area (Å²) in [5.74, 6) is -0.664. The summed E-state index contributed by atoms with van der Waals surface area (Å²) in [5, 5.41) is 0. The van der Waals surface area contributed by atoms with Crippen LogP contribution in [0.4, 0.5) is 0 Å². The normalized spacial score (nSPS) is 12.6. The number of allylic oxidation sites excluding steroid dienone is 1. The fourth-order valence-corrected chi connectivity index (χ4v) is 1.35. The Morgan fingerprint density at radius 3 is 2.44 bits per heavy atom. The molecule has 0 aliphatic heterocycles. The molecule has 0 N–H and O–H groups in total. The summed E-state index contributed by atoms with van der Waals surface area (Å²) in [5.41, 5.74) is 0.965. The van der Waals surface area contributed by atoms with Gasteiger partial charge in [-0.15, -0.1) is 0 Å². The number of carbonyl (C=O) groups is 2. The number of carbonyl (C=O) groups excluding carboxylic acids is 2. The first-order chi connectivity index (χ1) is 7.65. The van der Waals surface area contributed by atoms with Crippen molar-refractivity contribution in [2.45, 2.75) is 20.3 Å². The van der Waals surface area contributed by atoms with E-state index in [1.807, 2.05) is 30.3 Å². The van der Waals surface area contributed by atoms with Crippen LogP contribution < -0.4 is 0 Å². The predicted molar refractivity (Wildman–Crippen MR) is 64.9 cm³/mol. The zero-order valence-electron chi connectivity index (χ0n) is 9.64. The van der Waals surface area contributed by atoms with Crippen molar-refractivity contribution in [1.82, 2.24) is 0 Å². The molecule has 0 saturated heterocycles. The highest BCUT2D eigenvalue weighted by Gasteiger charge is 2.16. The van der Waals surface area contributed by atoms with Gasteiger partial charge >= 0.3 is 0 Å². The van der Waals surface area contributed by atoms with E-state index in [1.165, 1.54) is 6.08 Å². The van der Waals surface area contributed by atoms with E-state index in [4.69, 9.17) is 0 Å². The molecule has 0 saturated carbocycles. The largest absolute Gasteiger partial charge is 0.299 e. The molecular formula is C14H16O2. The molecule has 0 aromatic heterocycles. The molecule has 84 valence electrons. The minimum atomic E-state index is -0.523. The van der Waals surface area contributed by atoms with Crippen LogP contribution in [-0.2, 0) is 9.59 Å². The monoisotopic (exact) mass is 216 g/mol. The molecule has 1 aromatic rings. The van der Waals surface area contributed by atoms with Crippen LogP contribution in [-0.4, -0.2) is 11.6 Å². The lowest BCUT2D eigenvalue weighted by Gasteiger charge is -2.03. The van der Waals surface area contributed by atoms with E-state index < -0.39 is 5.92 Å². The van der Waals surface area contributed by atoms with E-state index in [9.17, 15) is 9.59 Å². The first-order valence-corrected chi connectivity index (χ1v) is 5.44. The van der Waals surface area contributed by atoms with E-state index in [-0.39, 0.29) is 11.6 Å². The van der Waals surface area contributed by atoms with Gasteiger partial charge in [-0.3, -0.25) is 9.59 Å². The summed E-state index contributed by atoms with van der Waals surface area (Å²) in [6.45, 7) is 3.43. The Labute approximate surface area is 96.0 Å². The van der Waals surface area contributed by atoms with Crippen molar-refractivity contribution in [3.05, 3.63) is 42.0 Å². The lowest BCUT2D eigenvalue weighted by molar-refractivity contribution is -0.129. The summed E-state index contributed by atoms with van der Waals surface area (Å²) in [6, 6.07) is 9.56. The van der Waals surface area contributed by atoms with Crippen LogP contribution in [0.1, 0.15) is 25.8 Å². The average Bonchev–Trinajstić information content (AvgIpc) is 2.35. The number of rotatable bonds is 5. The second-order valence-corrected chi connectivity index (χ2v) is 3.69. The van der Waals surface area contributed by atoms with Crippen molar-refractivity contribution in [1.29, 1.82) is 0 Å². The summed E-state index contributed by atoms with van der Waals surface area (Å²) in [4.78, 5) is 22.9. The van der Waals surface area contributed by atoms with Crippen molar-refractivity contribution >= 4 is 17.6 Å². The molecule has 0 heterocycles. The van der Waals surface area contributed by atoms with Gasteiger partial charge in [0.15, 0.2) is 5.78 Å². The lowest BCUT2D eigenvalue weighted by Crippen LogP contribution is -2.18. The van der Waals surface area contributed by atoms with Crippen molar-refractivity contribution in [2.24, 2.45) is 5.92 Å². The minimum Gasteiger partial charge on any atom is -0.299 e. The molecule has 2 heteroatoms. The number of ketones is 2. The van der Waals surface area contributed by atoms with Crippen molar-refractivity contribution in [2.75, 3.05) is 0 Å². The van der Waals surface area contributed by atoms with Gasteiger partial charge in [0.05, 0.1) is 5.92 Å². The second-order valence-electron chi connectivity index (χ2n) is 3.69. The van der Waals surface area contributed by atoms with Crippen LogP contribution in [0.15, 0.2) is 36.4 Å². The molecule has 16 heavy (non-hydrogen) atoms. The molecule has 0 aliphatic carbocycles. The van der Waals surface area contributed by atoms with Gasteiger partial charge in [-0.05, 0) is 18.6 Å². The van der Waals surface area contributed by atoms with Gasteiger partial charge in [0.2, 0.25) is 0 Å². The lowest BCUT2D eigenvalue weighted by atomic mass is 9.99. The Morgan fingerprint density at radius 1 is 1.25 bits per heavy atom. The number of hydrogen-bond acceptors (Lipinski definition) is 2. The summed E-state index contributed by atoms with van der Waals surface area (Å²) < 4.78 is 0. The van der Waals surface area contributed by atoms with Gasteiger partial charge in [0, 0.05) is 6.42 Å².